The van der Waals surface area contributed by atoms with E-state index in [0.29, 0.717) is 42.7 Å². The summed E-state index contributed by atoms with van der Waals surface area (Å²) < 4.78 is 40.8. The summed E-state index contributed by atoms with van der Waals surface area (Å²) in [6, 6.07) is 13.8. The maximum Gasteiger partial charge on any atom is 0.320 e. The first-order valence-corrected chi connectivity index (χ1v) is 16.6. The van der Waals surface area contributed by atoms with Crippen molar-refractivity contribution in [2.24, 2.45) is 17.8 Å². The molecule has 4 aliphatic rings. The molecule has 4 unspecified atom stereocenters. The molecule has 2 aromatic rings. The number of carboxylic acid groups (broad SMARTS) is 1. The van der Waals surface area contributed by atoms with Crippen LogP contribution in [-0.2, 0) is 21.1 Å². The van der Waals surface area contributed by atoms with Crippen molar-refractivity contribution >= 4 is 15.8 Å². The minimum Gasteiger partial charge on any atom is -0.480 e. The van der Waals surface area contributed by atoms with E-state index in [1.54, 1.807) is 18.2 Å². The topological polar surface area (TPSA) is 77.9 Å². The van der Waals surface area contributed by atoms with Gasteiger partial charge in [-0.15, -0.1) is 0 Å². The highest BCUT2D eigenvalue weighted by molar-refractivity contribution is 7.92. The third-order valence-corrected chi connectivity index (χ3v) is 12.3. The number of aryl methyl sites for hydroxylation is 1. The predicted molar refractivity (Wildman–Crippen MR) is 152 cm³/mol. The molecule has 0 radical (unpaired) electrons. The van der Waals surface area contributed by atoms with E-state index in [1.807, 2.05) is 24.3 Å². The third kappa shape index (κ3) is 6.00. The Morgan fingerprint density at radius 3 is 2.48 bits per heavy atom. The summed E-state index contributed by atoms with van der Waals surface area (Å²) in [4.78, 5) is 17.3. The van der Waals surface area contributed by atoms with Gasteiger partial charge in [-0.05, 0) is 98.7 Å². The molecule has 0 aromatic heterocycles. The van der Waals surface area contributed by atoms with Crippen LogP contribution in [0.25, 0.3) is 0 Å². The molecule has 4 atom stereocenters. The van der Waals surface area contributed by atoms with Crippen LogP contribution in [0, 0.1) is 23.6 Å². The molecule has 8 heteroatoms. The molecule has 6 rings (SSSR count). The quantitative estimate of drug-likeness (QED) is 0.460. The van der Waals surface area contributed by atoms with Gasteiger partial charge in [-0.2, -0.15) is 0 Å². The van der Waals surface area contributed by atoms with Crippen LogP contribution in [0.4, 0.5) is 4.39 Å². The second kappa shape index (κ2) is 11.5. The second-order valence-electron chi connectivity index (χ2n) is 12.7. The van der Waals surface area contributed by atoms with E-state index in [1.165, 1.54) is 6.07 Å². The molecule has 3 heterocycles. The fourth-order valence-corrected chi connectivity index (χ4v) is 9.64. The van der Waals surface area contributed by atoms with Crippen LogP contribution in [-0.4, -0.2) is 73.3 Å². The van der Waals surface area contributed by atoms with Gasteiger partial charge in [0, 0.05) is 25.6 Å². The van der Waals surface area contributed by atoms with E-state index in [0.717, 1.165) is 69.3 Å². The van der Waals surface area contributed by atoms with Gasteiger partial charge in [-0.3, -0.25) is 9.69 Å². The van der Waals surface area contributed by atoms with E-state index >= 15 is 0 Å². The van der Waals surface area contributed by atoms with Crippen molar-refractivity contribution in [3.63, 3.8) is 0 Å². The minimum absolute atomic E-state index is 0.0990. The van der Waals surface area contributed by atoms with Crippen LogP contribution in [0.1, 0.15) is 62.0 Å². The van der Waals surface area contributed by atoms with E-state index in [4.69, 9.17) is 0 Å². The highest BCUT2D eigenvalue weighted by Crippen LogP contribution is 2.40. The Balaban J connectivity index is 1.09. The van der Waals surface area contributed by atoms with Crippen LogP contribution < -0.4 is 0 Å². The highest BCUT2D eigenvalue weighted by atomic mass is 32.2. The fraction of sp³-hybridized carbons (Fsp3) is 0.594. The molecule has 40 heavy (non-hydrogen) atoms. The van der Waals surface area contributed by atoms with E-state index < -0.39 is 21.8 Å². The number of nitrogens with zero attached hydrogens (tertiary/aromatic N) is 2. The van der Waals surface area contributed by atoms with Gasteiger partial charge in [0.15, 0.2) is 9.84 Å². The SMILES string of the molecule is O=C(O)C(CC1CC1)N1CC(CN2CCC(CC3CCc4ccccc4S3(=O)=O)CC2)C(c2cccc(F)c2)C1. The molecule has 1 N–H and O–H groups in total. The lowest BCUT2D eigenvalue weighted by atomic mass is 9.86. The van der Waals surface area contributed by atoms with Crippen molar-refractivity contribution in [2.45, 2.75) is 73.5 Å². The van der Waals surface area contributed by atoms with E-state index in [-0.39, 0.29) is 22.9 Å². The molecule has 0 bridgehead atoms. The number of rotatable bonds is 9. The standard InChI is InChI=1S/C32H41FN2O4S/c33-27-6-3-5-25(18-27)29-21-35(30(32(36)37)17-22-8-9-22)20-26(29)19-34-14-12-23(13-15-34)16-28-11-10-24-4-1-2-7-31(24)40(28,38)39/h1-7,18,22-23,26,28-30H,8-17,19-21H2,(H,36,37). The van der Waals surface area contributed by atoms with E-state index in [2.05, 4.69) is 9.80 Å². The number of aliphatic carboxylic acids is 1. The zero-order valence-corrected chi connectivity index (χ0v) is 23.9. The number of carbonyl (C=O) groups is 1. The first-order valence-electron chi connectivity index (χ1n) is 15.0. The van der Waals surface area contributed by atoms with Gasteiger partial charge in [-0.25, -0.2) is 12.8 Å². The number of hydrogen-bond donors (Lipinski definition) is 1. The van der Waals surface area contributed by atoms with Gasteiger partial charge in [0.1, 0.15) is 11.9 Å². The molecule has 1 saturated carbocycles. The molecule has 2 aromatic carbocycles. The predicted octanol–water partition coefficient (Wildman–Crippen LogP) is 4.99. The van der Waals surface area contributed by atoms with Gasteiger partial charge in [0.2, 0.25) is 0 Å². The molecular weight excluding hydrogens is 527 g/mol. The van der Waals surface area contributed by atoms with Crippen molar-refractivity contribution in [3.8, 4) is 0 Å². The lowest BCUT2D eigenvalue weighted by Gasteiger charge is -2.36. The molecule has 3 aliphatic heterocycles. The summed E-state index contributed by atoms with van der Waals surface area (Å²) in [7, 11) is -3.28. The monoisotopic (exact) mass is 568 g/mol. The highest BCUT2D eigenvalue weighted by Gasteiger charge is 2.42. The summed E-state index contributed by atoms with van der Waals surface area (Å²) in [5.74, 6) is 0.260. The Morgan fingerprint density at radius 1 is 0.975 bits per heavy atom. The van der Waals surface area contributed by atoms with Gasteiger partial charge < -0.3 is 10.0 Å². The van der Waals surface area contributed by atoms with Crippen LogP contribution in [0.3, 0.4) is 0 Å². The fourth-order valence-electron chi connectivity index (χ4n) is 7.53. The molecule has 3 fully saturated rings. The van der Waals surface area contributed by atoms with Crippen LogP contribution >= 0.6 is 0 Å². The smallest absolute Gasteiger partial charge is 0.320 e. The van der Waals surface area contributed by atoms with Crippen molar-refractivity contribution in [1.29, 1.82) is 0 Å². The average molecular weight is 569 g/mol. The Morgan fingerprint density at radius 2 is 1.75 bits per heavy atom. The first kappa shape index (κ1) is 27.9. The van der Waals surface area contributed by atoms with Crippen molar-refractivity contribution in [3.05, 3.63) is 65.5 Å². The molecule has 2 saturated heterocycles. The zero-order valence-electron chi connectivity index (χ0n) is 23.1. The normalized spacial score (nSPS) is 28.3. The largest absolute Gasteiger partial charge is 0.480 e. The van der Waals surface area contributed by atoms with Gasteiger partial charge >= 0.3 is 5.97 Å². The average Bonchev–Trinajstić information content (AvgIpc) is 3.67. The number of halogens is 1. The van der Waals surface area contributed by atoms with Crippen molar-refractivity contribution < 1.29 is 22.7 Å². The lowest BCUT2D eigenvalue weighted by Crippen LogP contribution is -2.42. The lowest BCUT2D eigenvalue weighted by molar-refractivity contribution is -0.143. The third-order valence-electron chi connectivity index (χ3n) is 9.98. The molecule has 216 valence electrons. The number of likely N-dealkylation sites (tertiary alicyclic amines) is 2. The Labute approximate surface area is 237 Å². The second-order valence-corrected chi connectivity index (χ2v) is 14.9. The minimum atomic E-state index is -3.28. The molecule has 0 spiro atoms. The summed E-state index contributed by atoms with van der Waals surface area (Å²) >= 11 is 0. The number of fused-ring (bicyclic) bond motifs is 1. The summed E-state index contributed by atoms with van der Waals surface area (Å²) in [5, 5.41) is 9.73. The summed E-state index contributed by atoms with van der Waals surface area (Å²) in [5.41, 5.74) is 1.91. The number of benzene rings is 2. The Hall–Kier alpha value is -2.29. The molecule has 1 aliphatic carbocycles. The summed E-state index contributed by atoms with van der Waals surface area (Å²) in [6.07, 6.45) is 7.18. The van der Waals surface area contributed by atoms with Gasteiger partial charge in [0.05, 0.1) is 10.1 Å². The Bertz CT molecular complexity index is 1320. The number of hydrogen-bond acceptors (Lipinski definition) is 5. The number of carboxylic acids is 1. The maximum absolute atomic E-state index is 14.2. The van der Waals surface area contributed by atoms with Crippen LogP contribution in [0.2, 0.25) is 0 Å². The zero-order chi connectivity index (χ0) is 27.9. The van der Waals surface area contributed by atoms with Crippen molar-refractivity contribution in [1.82, 2.24) is 9.80 Å². The Kier molecular flexibility index (Phi) is 8.03. The van der Waals surface area contributed by atoms with Crippen LogP contribution in [0.15, 0.2) is 53.4 Å². The van der Waals surface area contributed by atoms with Crippen molar-refractivity contribution in [2.75, 3.05) is 32.7 Å². The number of sulfone groups is 1. The van der Waals surface area contributed by atoms with Crippen LogP contribution in [0.5, 0.6) is 0 Å². The first-order chi connectivity index (χ1) is 19.3. The molecule has 6 nitrogen and oxygen atoms in total. The molecule has 0 amide bonds. The summed E-state index contributed by atoms with van der Waals surface area (Å²) in [6.45, 7) is 4.06. The van der Waals surface area contributed by atoms with E-state index in [9.17, 15) is 22.7 Å². The van der Waals surface area contributed by atoms with Gasteiger partial charge in [0.25, 0.3) is 0 Å². The maximum atomic E-state index is 14.2. The molecular formula is C32H41FN2O4S. The van der Waals surface area contributed by atoms with Gasteiger partial charge in [-0.1, -0.05) is 43.2 Å². The number of piperidine rings is 1.